The van der Waals surface area contributed by atoms with Gasteiger partial charge in [0.1, 0.15) is 11.7 Å². The highest BCUT2D eigenvalue weighted by molar-refractivity contribution is 5.99. The molecule has 3 aromatic rings. The lowest BCUT2D eigenvalue weighted by Gasteiger charge is -2.23. The highest BCUT2D eigenvalue weighted by atomic mass is 16.2. The molecule has 3 rings (SSSR count). The third kappa shape index (κ3) is 5.00. The number of pyridine rings is 1. The molecule has 0 saturated heterocycles. The van der Waals surface area contributed by atoms with E-state index in [2.05, 4.69) is 21.2 Å². The van der Waals surface area contributed by atoms with Crippen LogP contribution in [0.3, 0.4) is 0 Å². The third-order valence-corrected chi connectivity index (χ3v) is 4.95. The zero-order valence-electron chi connectivity index (χ0n) is 16.9. The van der Waals surface area contributed by atoms with Gasteiger partial charge in [0, 0.05) is 10.9 Å². The molecule has 1 heterocycles. The summed E-state index contributed by atoms with van der Waals surface area (Å²) in [5.74, 6) is -1.51. The number of hydrazine groups is 1. The number of hydrogen-bond donors (Lipinski definition) is 3. The largest absolute Gasteiger partial charge is 0.340 e. The number of nitrogens with zero attached hydrogens (tertiary/aromatic N) is 1. The SMILES string of the molecule is CCC(C)C(NC(=O)c1ccccc1)C(=O)NNC(=O)c1ccc2ccccc2n1. The number of carbonyl (C=O) groups excluding carboxylic acids is 3. The van der Waals surface area contributed by atoms with Crippen molar-refractivity contribution in [2.24, 2.45) is 5.92 Å². The van der Waals surface area contributed by atoms with Crippen LogP contribution in [0.25, 0.3) is 10.9 Å². The first-order valence-electron chi connectivity index (χ1n) is 9.81. The molecular weight excluding hydrogens is 380 g/mol. The minimum atomic E-state index is -0.799. The Balaban J connectivity index is 1.65. The summed E-state index contributed by atoms with van der Waals surface area (Å²) < 4.78 is 0. The Morgan fingerprint density at radius 3 is 2.30 bits per heavy atom. The average molecular weight is 404 g/mol. The summed E-state index contributed by atoms with van der Waals surface area (Å²) in [5, 5.41) is 3.67. The highest BCUT2D eigenvalue weighted by Gasteiger charge is 2.26. The van der Waals surface area contributed by atoms with E-state index in [9.17, 15) is 14.4 Å². The summed E-state index contributed by atoms with van der Waals surface area (Å²) in [6.45, 7) is 3.79. The number of nitrogens with one attached hydrogen (secondary N) is 3. The van der Waals surface area contributed by atoms with Gasteiger partial charge in [-0.2, -0.15) is 0 Å². The molecule has 154 valence electrons. The maximum absolute atomic E-state index is 12.7. The quantitative estimate of drug-likeness (QED) is 0.550. The molecule has 1 aromatic heterocycles. The summed E-state index contributed by atoms with van der Waals surface area (Å²) in [6.07, 6.45) is 0.674. The van der Waals surface area contributed by atoms with E-state index in [4.69, 9.17) is 0 Å². The first kappa shape index (κ1) is 21.0. The van der Waals surface area contributed by atoms with Gasteiger partial charge in [-0.3, -0.25) is 25.2 Å². The van der Waals surface area contributed by atoms with Crippen LogP contribution in [0.2, 0.25) is 0 Å². The van der Waals surface area contributed by atoms with Gasteiger partial charge in [0.15, 0.2) is 0 Å². The third-order valence-electron chi connectivity index (χ3n) is 4.95. The Labute approximate surface area is 174 Å². The van der Waals surface area contributed by atoms with Crippen molar-refractivity contribution in [3.8, 4) is 0 Å². The molecule has 2 atom stereocenters. The van der Waals surface area contributed by atoms with Crippen molar-refractivity contribution < 1.29 is 14.4 Å². The number of hydrogen-bond acceptors (Lipinski definition) is 4. The molecule has 7 heteroatoms. The molecule has 2 aromatic carbocycles. The second kappa shape index (κ2) is 9.65. The zero-order chi connectivity index (χ0) is 21.5. The van der Waals surface area contributed by atoms with Crippen LogP contribution in [-0.2, 0) is 4.79 Å². The molecule has 0 aliphatic carbocycles. The molecule has 30 heavy (non-hydrogen) atoms. The number of aromatic nitrogens is 1. The van der Waals surface area contributed by atoms with Crippen molar-refractivity contribution >= 4 is 28.6 Å². The van der Waals surface area contributed by atoms with Crippen LogP contribution < -0.4 is 16.2 Å². The molecule has 0 aliphatic rings. The summed E-state index contributed by atoms with van der Waals surface area (Å²) >= 11 is 0. The van der Waals surface area contributed by atoms with Crippen molar-refractivity contribution in [1.82, 2.24) is 21.2 Å². The van der Waals surface area contributed by atoms with Crippen molar-refractivity contribution in [2.75, 3.05) is 0 Å². The normalized spacial score (nSPS) is 12.6. The maximum atomic E-state index is 12.7. The van der Waals surface area contributed by atoms with Crippen LogP contribution in [0.15, 0.2) is 66.7 Å². The molecule has 0 radical (unpaired) electrons. The van der Waals surface area contributed by atoms with E-state index in [0.29, 0.717) is 17.5 Å². The van der Waals surface area contributed by atoms with Crippen molar-refractivity contribution in [3.05, 3.63) is 78.0 Å². The van der Waals surface area contributed by atoms with E-state index in [1.807, 2.05) is 44.2 Å². The van der Waals surface area contributed by atoms with Gasteiger partial charge in [-0.05, 0) is 30.2 Å². The van der Waals surface area contributed by atoms with Crippen LogP contribution >= 0.6 is 0 Å². The summed E-state index contributed by atoms with van der Waals surface area (Å²) in [6, 6.07) is 18.7. The van der Waals surface area contributed by atoms with Crippen LogP contribution in [0.1, 0.15) is 41.1 Å². The minimum Gasteiger partial charge on any atom is -0.340 e. The van der Waals surface area contributed by atoms with Gasteiger partial charge >= 0.3 is 0 Å². The topological polar surface area (TPSA) is 100 Å². The van der Waals surface area contributed by atoms with Crippen molar-refractivity contribution in [3.63, 3.8) is 0 Å². The van der Waals surface area contributed by atoms with Gasteiger partial charge in [0.25, 0.3) is 17.7 Å². The Morgan fingerprint density at radius 1 is 0.867 bits per heavy atom. The number of amides is 3. The fourth-order valence-electron chi connectivity index (χ4n) is 2.97. The van der Waals surface area contributed by atoms with Gasteiger partial charge in [-0.25, -0.2) is 4.98 Å². The number of carbonyl (C=O) groups is 3. The van der Waals surface area contributed by atoms with Crippen LogP contribution in [0.4, 0.5) is 0 Å². The van der Waals surface area contributed by atoms with E-state index in [-0.39, 0.29) is 17.5 Å². The maximum Gasteiger partial charge on any atom is 0.288 e. The molecule has 2 unspecified atom stereocenters. The molecule has 3 N–H and O–H groups in total. The minimum absolute atomic E-state index is 0.131. The first-order chi connectivity index (χ1) is 14.5. The second-order valence-electron chi connectivity index (χ2n) is 7.04. The van der Waals surface area contributed by atoms with E-state index < -0.39 is 17.9 Å². The Morgan fingerprint density at radius 2 is 1.57 bits per heavy atom. The summed E-state index contributed by atoms with van der Waals surface area (Å²) in [7, 11) is 0. The molecular formula is C23H24N4O3. The fraction of sp³-hybridized carbons (Fsp3) is 0.217. The van der Waals surface area contributed by atoms with Crippen LogP contribution in [0.5, 0.6) is 0 Å². The first-order valence-corrected chi connectivity index (χ1v) is 9.81. The van der Waals surface area contributed by atoms with Crippen molar-refractivity contribution in [2.45, 2.75) is 26.3 Å². The number of rotatable bonds is 6. The fourth-order valence-corrected chi connectivity index (χ4v) is 2.97. The molecule has 0 spiro atoms. The van der Waals surface area contributed by atoms with Crippen LogP contribution in [0, 0.1) is 5.92 Å². The van der Waals surface area contributed by atoms with Gasteiger partial charge in [0.2, 0.25) is 0 Å². The smallest absolute Gasteiger partial charge is 0.288 e. The predicted molar refractivity (Wildman–Crippen MR) is 115 cm³/mol. The van der Waals surface area contributed by atoms with Gasteiger partial charge < -0.3 is 5.32 Å². The Hall–Kier alpha value is -3.74. The molecule has 0 fully saturated rings. The number of benzene rings is 2. The van der Waals surface area contributed by atoms with E-state index >= 15 is 0 Å². The predicted octanol–water partition coefficient (Wildman–Crippen LogP) is 2.84. The lowest BCUT2D eigenvalue weighted by Crippen LogP contribution is -2.54. The lowest BCUT2D eigenvalue weighted by molar-refractivity contribution is -0.124. The van der Waals surface area contributed by atoms with E-state index in [0.717, 1.165) is 5.39 Å². The monoisotopic (exact) mass is 404 g/mol. The average Bonchev–Trinajstić information content (AvgIpc) is 2.80. The number of fused-ring (bicyclic) bond motifs is 1. The van der Waals surface area contributed by atoms with Crippen LogP contribution in [-0.4, -0.2) is 28.7 Å². The highest BCUT2D eigenvalue weighted by Crippen LogP contribution is 2.12. The molecule has 0 bridgehead atoms. The van der Waals surface area contributed by atoms with E-state index in [1.54, 1.807) is 36.4 Å². The Kier molecular flexibility index (Phi) is 6.75. The summed E-state index contributed by atoms with van der Waals surface area (Å²) in [5.41, 5.74) is 6.12. The molecule has 0 saturated carbocycles. The zero-order valence-corrected chi connectivity index (χ0v) is 16.9. The molecule has 3 amide bonds. The Bertz CT molecular complexity index is 1050. The molecule has 0 aliphatic heterocycles. The lowest BCUT2D eigenvalue weighted by atomic mass is 9.98. The van der Waals surface area contributed by atoms with Gasteiger partial charge in [-0.15, -0.1) is 0 Å². The number of para-hydroxylation sites is 1. The van der Waals surface area contributed by atoms with Crippen molar-refractivity contribution in [1.29, 1.82) is 0 Å². The molecule has 7 nitrogen and oxygen atoms in total. The standard InChI is InChI=1S/C23H24N4O3/c1-3-15(2)20(25-21(28)17-10-5-4-6-11-17)23(30)27-26-22(29)19-14-13-16-9-7-8-12-18(16)24-19/h4-15,20H,3H2,1-2H3,(H,25,28)(H,26,29)(H,27,30). The second-order valence-corrected chi connectivity index (χ2v) is 7.04. The summed E-state index contributed by atoms with van der Waals surface area (Å²) in [4.78, 5) is 41.9. The van der Waals surface area contributed by atoms with Gasteiger partial charge in [0.05, 0.1) is 5.52 Å². The van der Waals surface area contributed by atoms with Gasteiger partial charge in [-0.1, -0.05) is 62.7 Å². The van der Waals surface area contributed by atoms with E-state index in [1.165, 1.54) is 0 Å².